The molecule has 12 nitrogen and oxygen atoms in total. The predicted molar refractivity (Wildman–Crippen MR) is 173 cm³/mol. The fourth-order valence-electron chi connectivity index (χ4n) is 5.18. The number of ketones is 2. The zero-order chi connectivity index (χ0) is 33.1. The second kappa shape index (κ2) is 18.6. The number of nitrogens with two attached hydrogens (primary N) is 1. The second-order valence-electron chi connectivity index (χ2n) is 11.7. The largest absolute Gasteiger partial charge is 0.439 e. The number of carbonyl (C=O) groups excluding carboxylic acids is 4. The lowest BCUT2D eigenvalue weighted by Gasteiger charge is -2.30. The first-order valence-electron chi connectivity index (χ1n) is 14.7. The first kappa shape index (κ1) is 39.7. The third-order valence-electron chi connectivity index (χ3n) is 7.65. The monoisotopic (exact) mass is 652 g/mol. The van der Waals surface area contributed by atoms with Gasteiger partial charge in [-0.15, -0.1) is 12.4 Å². The third kappa shape index (κ3) is 11.5. The Labute approximate surface area is 272 Å². The molecule has 0 saturated heterocycles. The van der Waals surface area contributed by atoms with E-state index in [0.29, 0.717) is 25.1 Å². The van der Waals surface area contributed by atoms with Gasteiger partial charge in [-0.1, -0.05) is 38.2 Å². The Kier molecular flexibility index (Phi) is 16.4. The maximum atomic E-state index is 13.7. The topological polar surface area (TPSA) is 170 Å². The van der Waals surface area contributed by atoms with Gasteiger partial charge in [-0.05, 0) is 52.3 Å². The van der Waals surface area contributed by atoms with E-state index in [4.69, 9.17) is 19.9 Å². The Balaban J connectivity index is 0.0000101. The number of nitrogens with zero attached hydrogens (tertiary/aromatic N) is 1. The molecular formula is C32H49ClN4O8. The lowest BCUT2D eigenvalue weighted by atomic mass is 9.85. The standard InChI is InChI=1S/C32H48N4O8.ClH/c1-18-14-22-27(34-12-13-36(5)6)24(37)17-23(29(22)39)35-31(40)19(2)10-9-11-25(42-7)30(44-32(33)41)21(4)16-20(3)28(38)26(15-18)43-8;/h9-11,16-18,20,25-26,28,30,34,38H,12-15H2,1-8H3,(H2,33,41)(H,35,40);1H/b11-9-,19-10-,21-16+;/t18-,20-,25-,26-,28+,30-;/m0./s1. The van der Waals surface area contributed by atoms with Crippen LogP contribution in [0.5, 0.6) is 0 Å². The molecule has 2 aliphatic rings. The van der Waals surface area contributed by atoms with E-state index < -0.39 is 53.9 Å². The fourth-order valence-corrected chi connectivity index (χ4v) is 5.18. The highest BCUT2D eigenvalue weighted by atomic mass is 35.5. The summed E-state index contributed by atoms with van der Waals surface area (Å²) in [5, 5.41) is 17.0. The molecule has 0 spiro atoms. The van der Waals surface area contributed by atoms with Crippen LogP contribution in [0, 0.1) is 11.8 Å². The molecular weight excluding hydrogens is 604 g/mol. The van der Waals surface area contributed by atoms with Crippen LogP contribution in [0.25, 0.3) is 0 Å². The number of amides is 2. The van der Waals surface area contributed by atoms with Gasteiger partial charge in [0.1, 0.15) is 6.10 Å². The van der Waals surface area contributed by atoms with E-state index in [-0.39, 0.29) is 47.3 Å². The summed E-state index contributed by atoms with van der Waals surface area (Å²) in [6.45, 7) is 8.09. The molecule has 6 atom stereocenters. The van der Waals surface area contributed by atoms with Crippen LogP contribution in [0.4, 0.5) is 4.79 Å². The zero-order valence-electron chi connectivity index (χ0n) is 27.4. The molecule has 1 heterocycles. The summed E-state index contributed by atoms with van der Waals surface area (Å²) in [5.74, 6) is -2.06. The van der Waals surface area contributed by atoms with E-state index in [1.165, 1.54) is 20.3 Å². The Morgan fingerprint density at radius 2 is 1.82 bits per heavy atom. The number of hydrogen-bond donors (Lipinski definition) is 4. The molecule has 0 aromatic carbocycles. The highest BCUT2D eigenvalue weighted by Gasteiger charge is 2.33. The van der Waals surface area contributed by atoms with Crippen LogP contribution in [0.3, 0.4) is 0 Å². The van der Waals surface area contributed by atoms with E-state index in [2.05, 4.69) is 10.6 Å². The van der Waals surface area contributed by atoms with E-state index in [0.717, 1.165) is 6.08 Å². The third-order valence-corrected chi connectivity index (χ3v) is 7.65. The number of aliphatic hydroxyl groups excluding tert-OH is 1. The van der Waals surface area contributed by atoms with Crippen molar-refractivity contribution in [2.45, 2.75) is 65.0 Å². The van der Waals surface area contributed by atoms with Crippen LogP contribution in [-0.4, -0.2) is 99.4 Å². The summed E-state index contributed by atoms with van der Waals surface area (Å²) in [6.07, 6.45) is 3.88. The summed E-state index contributed by atoms with van der Waals surface area (Å²) in [7, 11) is 6.74. The lowest BCUT2D eigenvalue weighted by molar-refractivity contribution is -0.120. The van der Waals surface area contributed by atoms with Crippen molar-refractivity contribution in [1.82, 2.24) is 15.5 Å². The Morgan fingerprint density at radius 1 is 1.16 bits per heavy atom. The molecule has 0 fully saturated rings. The highest BCUT2D eigenvalue weighted by Crippen LogP contribution is 2.28. The van der Waals surface area contributed by atoms with Crippen LogP contribution < -0.4 is 16.4 Å². The molecule has 2 amide bonds. The Bertz CT molecular complexity index is 1240. The molecule has 0 saturated carbocycles. The summed E-state index contributed by atoms with van der Waals surface area (Å²) in [6, 6.07) is 0. The molecule has 45 heavy (non-hydrogen) atoms. The number of rotatable bonds is 7. The van der Waals surface area contributed by atoms with Gasteiger partial charge >= 0.3 is 6.09 Å². The van der Waals surface area contributed by atoms with Crippen molar-refractivity contribution in [2.24, 2.45) is 17.6 Å². The van der Waals surface area contributed by atoms with Crippen molar-refractivity contribution in [2.75, 3.05) is 41.4 Å². The molecule has 0 radical (unpaired) electrons. The molecule has 0 unspecified atom stereocenters. The SMILES string of the molecule is CO[C@H]1/C=C\C=C(\C)C(=O)NC2=CC(=O)C(NCCN(C)C)=C(C[C@H](C)C[C@H](OC)[C@H](O)[C@@H](C)/C=C(\C)[C@@H]1OC(N)=O)C2=O.Cl. The van der Waals surface area contributed by atoms with Crippen LogP contribution in [0.1, 0.15) is 40.5 Å². The average molecular weight is 653 g/mol. The number of halogens is 1. The van der Waals surface area contributed by atoms with E-state index in [1.54, 1.807) is 32.1 Å². The molecule has 252 valence electrons. The van der Waals surface area contributed by atoms with Crippen molar-refractivity contribution in [3.05, 3.63) is 58.5 Å². The number of hydrogen-bond acceptors (Lipinski definition) is 10. The lowest BCUT2D eigenvalue weighted by Crippen LogP contribution is -2.38. The van der Waals surface area contributed by atoms with Gasteiger partial charge in [0.25, 0.3) is 5.91 Å². The number of methoxy groups -OCH3 is 2. The molecule has 2 bridgehead atoms. The number of nitrogens with one attached hydrogen (secondary N) is 2. The van der Waals surface area contributed by atoms with Gasteiger partial charge in [0.2, 0.25) is 11.6 Å². The molecule has 13 heteroatoms. The van der Waals surface area contributed by atoms with Gasteiger partial charge in [-0.2, -0.15) is 0 Å². The highest BCUT2D eigenvalue weighted by molar-refractivity contribution is 6.23. The first-order valence-corrected chi connectivity index (χ1v) is 14.7. The number of aliphatic hydroxyl groups is 1. The predicted octanol–water partition coefficient (Wildman–Crippen LogP) is 2.34. The smallest absolute Gasteiger partial charge is 0.405 e. The van der Waals surface area contributed by atoms with Gasteiger partial charge < -0.3 is 40.6 Å². The number of allylic oxidation sites excluding steroid dienone is 4. The summed E-state index contributed by atoms with van der Waals surface area (Å²) < 4.78 is 16.6. The first-order chi connectivity index (χ1) is 20.7. The molecule has 1 aliphatic heterocycles. The van der Waals surface area contributed by atoms with Crippen molar-refractivity contribution < 1.29 is 38.5 Å². The number of fused-ring (bicyclic) bond motifs is 2. The van der Waals surface area contributed by atoms with Gasteiger partial charge in [-0.25, -0.2) is 4.79 Å². The number of ether oxygens (including phenoxy) is 3. The minimum atomic E-state index is -0.997. The zero-order valence-corrected chi connectivity index (χ0v) is 28.2. The summed E-state index contributed by atoms with van der Waals surface area (Å²) in [4.78, 5) is 53.7. The number of carbonyl (C=O) groups is 4. The van der Waals surface area contributed by atoms with Gasteiger partial charge in [0, 0.05) is 50.4 Å². The molecule has 0 aromatic rings. The number of likely N-dealkylation sites (N-methyl/N-ethyl adjacent to an activating group) is 1. The van der Waals surface area contributed by atoms with E-state index in [1.807, 2.05) is 32.8 Å². The number of Topliss-reactive ketones (excluding diaryl/α,β-unsaturated/α-hetero) is 1. The normalized spacial score (nSPS) is 30.3. The van der Waals surface area contributed by atoms with Gasteiger partial charge in [0.05, 0.1) is 23.6 Å². The molecule has 1 aliphatic carbocycles. The molecule has 2 rings (SSSR count). The summed E-state index contributed by atoms with van der Waals surface area (Å²) in [5.41, 5.74) is 6.55. The quantitative estimate of drug-likeness (QED) is 0.237. The fraction of sp³-hybridized carbons (Fsp3) is 0.562. The molecule has 5 N–H and O–H groups in total. The maximum Gasteiger partial charge on any atom is 0.405 e. The van der Waals surface area contributed by atoms with Crippen LogP contribution >= 0.6 is 12.4 Å². The van der Waals surface area contributed by atoms with Crippen molar-refractivity contribution in [1.29, 1.82) is 0 Å². The van der Waals surface area contributed by atoms with Crippen molar-refractivity contribution in [3.8, 4) is 0 Å². The number of primary amides is 1. The Morgan fingerprint density at radius 3 is 2.40 bits per heavy atom. The minimum absolute atomic E-state index is 0. The Hall–Kier alpha value is -3.29. The average Bonchev–Trinajstić information content (AvgIpc) is 2.95. The van der Waals surface area contributed by atoms with Crippen molar-refractivity contribution >= 4 is 36.0 Å². The van der Waals surface area contributed by atoms with Crippen LogP contribution in [-0.2, 0) is 28.6 Å². The van der Waals surface area contributed by atoms with Gasteiger partial charge in [-0.3, -0.25) is 14.4 Å². The van der Waals surface area contributed by atoms with Crippen molar-refractivity contribution in [3.63, 3.8) is 0 Å². The minimum Gasteiger partial charge on any atom is -0.439 e. The van der Waals surface area contributed by atoms with E-state index >= 15 is 0 Å². The summed E-state index contributed by atoms with van der Waals surface area (Å²) >= 11 is 0. The van der Waals surface area contributed by atoms with Crippen LogP contribution in [0.2, 0.25) is 0 Å². The maximum absolute atomic E-state index is 13.7. The van der Waals surface area contributed by atoms with Crippen LogP contribution in [0.15, 0.2) is 58.5 Å². The van der Waals surface area contributed by atoms with E-state index in [9.17, 15) is 24.3 Å². The van der Waals surface area contributed by atoms with Gasteiger partial charge in [0.15, 0.2) is 6.10 Å². The molecule has 0 aromatic heterocycles. The second-order valence-corrected chi connectivity index (χ2v) is 11.7.